The zero-order chi connectivity index (χ0) is 13.2. The molecule has 0 heterocycles. The largest absolute Gasteiger partial charge is 0.416 e. The Kier molecular flexibility index (Phi) is 3.66. The average Bonchev–Trinajstić information content (AvgIpc) is 2.26. The number of nitro benzene ring substituents is 1. The number of benzene rings is 1. The third-order valence-electron chi connectivity index (χ3n) is 2.05. The number of halogens is 4. The predicted molar refractivity (Wildman–Crippen MR) is 51.0 cm³/mol. The summed E-state index contributed by atoms with van der Waals surface area (Å²) in [6.07, 6.45) is -6.63. The minimum atomic E-state index is -4.77. The van der Waals surface area contributed by atoms with Crippen LogP contribution < -0.4 is 5.73 Å². The number of rotatable bonds is 3. The van der Waals surface area contributed by atoms with Crippen molar-refractivity contribution in [1.82, 2.24) is 0 Å². The standard InChI is InChI=1S/C9H8F4N2O2/c10-8(4-14)5-1-6(9(11,12)13)3-7(2-5)15(16)17/h1-3,8H,4,14H2. The number of non-ortho nitro benzene ring substituents is 1. The molecule has 0 aliphatic heterocycles. The summed E-state index contributed by atoms with van der Waals surface area (Å²) >= 11 is 0. The molecule has 0 fully saturated rings. The molecule has 94 valence electrons. The van der Waals surface area contributed by atoms with Crippen molar-refractivity contribution in [3.8, 4) is 0 Å². The molecule has 0 amide bonds. The van der Waals surface area contributed by atoms with Crippen LogP contribution >= 0.6 is 0 Å². The van der Waals surface area contributed by atoms with Crippen molar-refractivity contribution in [3.63, 3.8) is 0 Å². The third kappa shape index (κ3) is 3.13. The van der Waals surface area contributed by atoms with Crippen molar-refractivity contribution in [2.24, 2.45) is 5.73 Å². The highest BCUT2D eigenvalue weighted by atomic mass is 19.4. The first-order valence-electron chi connectivity index (χ1n) is 4.46. The zero-order valence-corrected chi connectivity index (χ0v) is 8.37. The molecule has 0 saturated carbocycles. The molecule has 0 aromatic heterocycles. The summed E-state index contributed by atoms with van der Waals surface area (Å²) in [5, 5.41) is 10.4. The Morgan fingerprint density at radius 2 is 1.94 bits per heavy atom. The van der Waals surface area contributed by atoms with Gasteiger partial charge in [-0.1, -0.05) is 0 Å². The van der Waals surface area contributed by atoms with Gasteiger partial charge in [0.05, 0.1) is 10.5 Å². The molecular weight excluding hydrogens is 244 g/mol. The number of alkyl halides is 4. The smallest absolute Gasteiger partial charge is 0.327 e. The maximum absolute atomic E-state index is 13.2. The summed E-state index contributed by atoms with van der Waals surface area (Å²) in [5.41, 5.74) is 2.43. The summed E-state index contributed by atoms with van der Waals surface area (Å²) in [5.74, 6) is 0. The van der Waals surface area contributed by atoms with Crippen molar-refractivity contribution in [3.05, 3.63) is 39.4 Å². The first kappa shape index (κ1) is 13.4. The first-order chi connectivity index (χ1) is 7.75. The van der Waals surface area contributed by atoms with Crippen molar-refractivity contribution in [2.75, 3.05) is 6.54 Å². The van der Waals surface area contributed by atoms with Crippen LogP contribution in [-0.2, 0) is 6.18 Å². The monoisotopic (exact) mass is 252 g/mol. The van der Waals surface area contributed by atoms with Crippen molar-refractivity contribution in [2.45, 2.75) is 12.3 Å². The summed E-state index contributed by atoms with van der Waals surface area (Å²) in [7, 11) is 0. The Hall–Kier alpha value is -1.70. The summed E-state index contributed by atoms with van der Waals surface area (Å²) in [6.45, 7) is -0.543. The van der Waals surface area contributed by atoms with Crippen LogP contribution in [0.2, 0.25) is 0 Å². The molecule has 0 spiro atoms. The molecule has 4 nitrogen and oxygen atoms in total. The van der Waals surface area contributed by atoms with Crippen molar-refractivity contribution in [1.29, 1.82) is 0 Å². The summed E-state index contributed by atoms with van der Waals surface area (Å²) in [4.78, 5) is 9.42. The van der Waals surface area contributed by atoms with Gasteiger partial charge in [0.25, 0.3) is 5.69 Å². The second-order valence-corrected chi connectivity index (χ2v) is 3.27. The molecular formula is C9H8F4N2O2. The lowest BCUT2D eigenvalue weighted by molar-refractivity contribution is -0.385. The Balaban J connectivity index is 3.34. The number of nitrogens with zero attached hydrogens (tertiary/aromatic N) is 1. The Morgan fingerprint density at radius 3 is 2.35 bits per heavy atom. The molecule has 0 bridgehead atoms. The highest BCUT2D eigenvalue weighted by Crippen LogP contribution is 2.34. The number of nitrogens with two attached hydrogens (primary N) is 1. The second-order valence-electron chi connectivity index (χ2n) is 3.27. The second kappa shape index (κ2) is 4.66. The summed E-state index contributed by atoms with van der Waals surface area (Å²) < 4.78 is 50.4. The summed E-state index contributed by atoms with van der Waals surface area (Å²) in [6, 6.07) is 1.62. The minimum absolute atomic E-state index is 0.354. The maximum atomic E-state index is 13.2. The highest BCUT2D eigenvalue weighted by Gasteiger charge is 2.33. The van der Waals surface area contributed by atoms with Crippen LogP contribution in [0, 0.1) is 10.1 Å². The van der Waals surface area contributed by atoms with E-state index in [-0.39, 0.29) is 0 Å². The van der Waals surface area contributed by atoms with Crippen LogP contribution in [-0.4, -0.2) is 11.5 Å². The van der Waals surface area contributed by atoms with Crippen LogP contribution in [0.5, 0.6) is 0 Å². The van der Waals surface area contributed by atoms with Gasteiger partial charge in [0, 0.05) is 18.7 Å². The first-order valence-corrected chi connectivity index (χ1v) is 4.46. The number of hydrogen-bond donors (Lipinski definition) is 1. The van der Waals surface area contributed by atoms with Gasteiger partial charge >= 0.3 is 6.18 Å². The highest BCUT2D eigenvalue weighted by molar-refractivity contribution is 5.41. The van der Waals surface area contributed by atoms with E-state index < -0.39 is 40.6 Å². The number of nitro groups is 1. The van der Waals surface area contributed by atoms with Crippen molar-refractivity contribution >= 4 is 5.69 Å². The molecule has 1 aromatic rings. The number of hydrogen-bond acceptors (Lipinski definition) is 3. The lowest BCUT2D eigenvalue weighted by atomic mass is 10.1. The minimum Gasteiger partial charge on any atom is -0.327 e. The molecule has 0 saturated heterocycles. The van der Waals surface area contributed by atoms with Gasteiger partial charge in [-0.2, -0.15) is 13.2 Å². The maximum Gasteiger partial charge on any atom is 0.416 e. The molecule has 17 heavy (non-hydrogen) atoms. The zero-order valence-electron chi connectivity index (χ0n) is 8.37. The Bertz CT molecular complexity index is 433. The third-order valence-corrected chi connectivity index (χ3v) is 2.05. The van der Waals surface area contributed by atoms with E-state index in [0.29, 0.717) is 12.1 Å². The molecule has 2 N–H and O–H groups in total. The fourth-order valence-corrected chi connectivity index (χ4v) is 1.22. The van der Waals surface area contributed by atoms with Gasteiger partial charge in [-0.25, -0.2) is 4.39 Å². The van der Waals surface area contributed by atoms with E-state index in [1.807, 2.05) is 0 Å². The topological polar surface area (TPSA) is 69.2 Å². The van der Waals surface area contributed by atoms with Crippen LogP contribution in [0.4, 0.5) is 23.2 Å². The van der Waals surface area contributed by atoms with E-state index in [4.69, 9.17) is 5.73 Å². The normalized spacial score (nSPS) is 13.5. The predicted octanol–water partition coefficient (Wildman–Crippen LogP) is 2.58. The van der Waals surface area contributed by atoms with Gasteiger partial charge in [-0.05, 0) is 11.6 Å². The van der Waals surface area contributed by atoms with E-state index in [0.717, 1.165) is 6.07 Å². The Labute approximate surface area is 93.2 Å². The molecule has 0 aliphatic carbocycles. The molecule has 0 radical (unpaired) electrons. The van der Waals surface area contributed by atoms with Crippen LogP contribution in [0.25, 0.3) is 0 Å². The lowest BCUT2D eigenvalue weighted by Gasteiger charge is -2.10. The molecule has 1 rings (SSSR count). The molecule has 1 unspecified atom stereocenters. The van der Waals surface area contributed by atoms with E-state index in [2.05, 4.69) is 0 Å². The lowest BCUT2D eigenvalue weighted by Crippen LogP contribution is -2.11. The molecule has 0 aliphatic rings. The quantitative estimate of drug-likeness (QED) is 0.510. The van der Waals surface area contributed by atoms with Crippen molar-refractivity contribution < 1.29 is 22.5 Å². The molecule has 1 atom stereocenters. The fourth-order valence-electron chi connectivity index (χ4n) is 1.22. The van der Waals surface area contributed by atoms with Crippen LogP contribution in [0.1, 0.15) is 17.3 Å². The molecule has 1 aromatic carbocycles. The SMILES string of the molecule is NCC(F)c1cc([N+](=O)[O-])cc(C(F)(F)F)c1. The van der Waals surface area contributed by atoms with Crippen LogP contribution in [0.3, 0.4) is 0 Å². The van der Waals surface area contributed by atoms with Gasteiger partial charge in [0.15, 0.2) is 0 Å². The van der Waals surface area contributed by atoms with E-state index in [9.17, 15) is 27.7 Å². The van der Waals surface area contributed by atoms with E-state index >= 15 is 0 Å². The van der Waals surface area contributed by atoms with E-state index in [1.54, 1.807) is 0 Å². The molecule has 8 heteroatoms. The van der Waals surface area contributed by atoms with Crippen LogP contribution in [0.15, 0.2) is 18.2 Å². The fraction of sp³-hybridized carbons (Fsp3) is 0.333. The van der Waals surface area contributed by atoms with Gasteiger partial charge in [0.1, 0.15) is 6.17 Å². The van der Waals surface area contributed by atoms with Gasteiger partial charge in [-0.15, -0.1) is 0 Å². The van der Waals surface area contributed by atoms with Gasteiger partial charge in [0.2, 0.25) is 0 Å². The van der Waals surface area contributed by atoms with Gasteiger partial charge < -0.3 is 5.73 Å². The van der Waals surface area contributed by atoms with E-state index in [1.165, 1.54) is 0 Å². The average molecular weight is 252 g/mol. The Morgan fingerprint density at radius 1 is 1.35 bits per heavy atom. The van der Waals surface area contributed by atoms with Gasteiger partial charge in [-0.3, -0.25) is 10.1 Å².